The third-order valence-corrected chi connectivity index (χ3v) is 3.09. The van der Waals surface area contributed by atoms with Crippen LogP contribution in [0.3, 0.4) is 0 Å². The fourth-order valence-electron chi connectivity index (χ4n) is 1.83. The van der Waals surface area contributed by atoms with Gasteiger partial charge >= 0.3 is 5.97 Å². The highest BCUT2D eigenvalue weighted by Crippen LogP contribution is 2.15. The number of nitrogens with zero attached hydrogens (tertiary/aromatic N) is 1. The molecule has 106 valence electrons. The third kappa shape index (κ3) is 5.30. The molecule has 4 nitrogen and oxygen atoms in total. The van der Waals surface area contributed by atoms with Crippen molar-refractivity contribution in [1.29, 1.82) is 0 Å². The van der Waals surface area contributed by atoms with Crippen LogP contribution in [0.25, 0.3) is 0 Å². The number of methoxy groups -OCH3 is 1. The number of carbonyl (C=O) groups is 1. The molecule has 1 atom stereocenters. The van der Waals surface area contributed by atoms with Crippen LogP contribution in [0, 0.1) is 0 Å². The summed E-state index contributed by atoms with van der Waals surface area (Å²) in [4.78, 5) is 13.6. The van der Waals surface area contributed by atoms with Crippen molar-refractivity contribution in [1.82, 2.24) is 4.90 Å². The lowest BCUT2D eigenvalue weighted by Gasteiger charge is -2.24. The highest BCUT2D eigenvalue weighted by atomic mass is 16.5. The van der Waals surface area contributed by atoms with E-state index in [-0.39, 0.29) is 12.0 Å². The largest absolute Gasteiger partial charge is 0.497 e. The molecule has 1 unspecified atom stereocenters. The Hall–Kier alpha value is -1.55. The Kier molecular flexibility index (Phi) is 6.36. The van der Waals surface area contributed by atoms with E-state index in [1.54, 1.807) is 7.11 Å². The monoisotopic (exact) mass is 265 g/mol. The highest BCUT2D eigenvalue weighted by molar-refractivity contribution is 5.70. The molecular weight excluding hydrogens is 242 g/mol. The van der Waals surface area contributed by atoms with Crippen LogP contribution >= 0.6 is 0 Å². The van der Waals surface area contributed by atoms with Crippen LogP contribution in [-0.2, 0) is 16.1 Å². The minimum Gasteiger partial charge on any atom is -0.497 e. The second-order valence-electron chi connectivity index (χ2n) is 4.62. The van der Waals surface area contributed by atoms with Crippen LogP contribution in [0.2, 0.25) is 0 Å². The van der Waals surface area contributed by atoms with E-state index in [0.29, 0.717) is 13.0 Å². The van der Waals surface area contributed by atoms with Crippen LogP contribution in [0.4, 0.5) is 0 Å². The SMILES string of the molecule is CCOC(=O)CC(C)N(C)Cc1cccc(OC)c1. The van der Waals surface area contributed by atoms with Gasteiger partial charge in [0.1, 0.15) is 5.75 Å². The number of hydrogen-bond donors (Lipinski definition) is 0. The van der Waals surface area contributed by atoms with E-state index in [4.69, 9.17) is 9.47 Å². The Morgan fingerprint density at radius 2 is 2.16 bits per heavy atom. The van der Waals surface area contributed by atoms with Gasteiger partial charge in [-0.25, -0.2) is 0 Å². The predicted octanol–water partition coefficient (Wildman–Crippen LogP) is 2.47. The molecule has 1 aromatic rings. The lowest BCUT2D eigenvalue weighted by molar-refractivity contribution is -0.144. The Morgan fingerprint density at radius 3 is 2.79 bits per heavy atom. The molecule has 0 heterocycles. The van der Waals surface area contributed by atoms with Gasteiger partial charge in [0.05, 0.1) is 20.1 Å². The molecule has 0 saturated heterocycles. The zero-order chi connectivity index (χ0) is 14.3. The molecule has 0 amide bonds. The van der Waals surface area contributed by atoms with Crippen LogP contribution in [0.1, 0.15) is 25.8 Å². The topological polar surface area (TPSA) is 38.8 Å². The second-order valence-corrected chi connectivity index (χ2v) is 4.62. The molecule has 1 aromatic carbocycles. The molecule has 0 saturated carbocycles. The minimum absolute atomic E-state index is 0.144. The lowest BCUT2D eigenvalue weighted by atomic mass is 10.1. The van der Waals surface area contributed by atoms with Gasteiger partial charge in [-0.3, -0.25) is 9.69 Å². The zero-order valence-corrected chi connectivity index (χ0v) is 12.2. The quantitative estimate of drug-likeness (QED) is 0.710. The summed E-state index contributed by atoms with van der Waals surface area (Å²) < 4.78 is 10.2. The average molecular weight is 265 g/mol. The Balaban J connectivity index is 2.53. The van der Waals surface area contributed by atoms with Crippen molar-refractivity contribution in [3.05, 3.63) is 29.8 Å². The Labute approximate surface area is 115 Å². The molecule has 0 bridgehead atoms. The first kappa shape index (κ1) is 15.5. The molecule has 0 radical (unpaired) electrons. The Morgan fingerprint density at radius 1 is 1.42 bits per heavy atom. The summed E-state index contributed by atoms with van der Waals surface area (Å²) in [5.74, 6) is 0.705. The summed E-state index contributed by atoms with van der Waals surface area (Å²) in [5, 5.41) is 0. The molecule has 0 aliphatic carbocycles. The maximum atomic E-state index is 11.4. The summed E-state index contributed by atoms with van der Waals surface area (Å²) in [6.07, 6.45) is 0.411. The summed E-state index contributed by atoms with van der Waals surface area (Å²) >= 11 is 0. The molecule has 4 heteroatoms. The Bertz CT molecular complexity index is 406. The maximum Gasteiger partial charge on any atom is 0.307 e. The number of benzene rings is 1. The van der Waals surface area contributed by atoms with Gasteiger partial charge in [-0.15, -0.1) is 0 Å². The molecular formula is C15H23NO3. The van der Waals surface area contributed by atoms with E-state index >= 15 is 0 Å². The normalized spacial score (nSPS) is 12.3. The van der Waals surface area contributed by atoms with Crippen molar-refractivity contribution in [2.75, 3.05) is 20.8 Å². The summed E-state index contributed by atoms with van der Waals surface area (Å²) in [5.41, 5.74) is 1.16. The highest BCUT2D eigenvalue weighted by Gasteiger charge is 2.14. The second kappa shape index (κ2) is 7.79. The van der Waals surface area contributed by atoms with Crippen LogP contribution in [0.15, 0.2) is 24.3 Å². The van der Waals surface area contributed by atoms with Crippen molar-refractivity contribution >= 4 is 5.97 Å². The van der Waals surface area contributed by atoms with Gasteiger partial charge in [-0.2, -0.15) is 0 Å². The van der Waals surface area contributed by atoms with Crippen molar-refractivity contribution in [3.8, 4) is 5.75 Å². The molecule has 1 rings (SSSR count). The van der Waals surface area contributed by atoms with E-state index in [0.717, 1.165) is 17.9 Å². The molecule has 0 aliphatic heterocycles. The van der Waals surface area contributed by atoms with E-state index < -0.39 is 0 Å². The minimum atomic E-state index is -0.146. The first-order valence-corrected chi connectivity index (χ1v) is 6.55. The zero-order valence-electron chi connectivity index (χ0n) is 12.2. The van der Waals surface area contributed by atoms with Gasteiger partial charge in [0.25, 0.3) is 0 Å². The molecule has 19 heavy (non-hydrogen) atoms. The van der Waals surface area contributed by atoms with Gasteiger partial charge in [0.15, 0.2) is 0 Å². The maximum absolute atomic E-state index is 11.4. The molecule has 0 N–H and O–H groups in total. The number of hydrogen-bond acceptors (Lipinski definition) is 4. The number of rotatable bonds is 7. The molecule has 0 spiro atoms. The van der Waals surface area contributed by atoms with Crippen molar-refractivity contribution in [3.63, 3.8) is 0 Å². The van der Waals surface area contributed by atoms with E-state index in [2.05, 4.69) is 11.0 Å². The van der Waals surface area contributed by atoms with Crippen molar-refractivity contribution in [2.45, 2.75) is 32.9 Å². The predicted molar refractivity (Wildman–Crippen MR) is 75.2 cm³/mol. The van der Waals surface area contributed by atoms with Crippen molar-refractivity contribution < 1.29 is 14.3 Å². The van der Waals surface area contributed by atoms with E-state index in [1.807, 2.05) is 39.1 Å². The van der Waals surface area contributed by atoms with Gasteiger partial charge in [0, 0.05) is 12.6 Å². The van der Waals surface area contributed by atoms with Gasteiger partial charge in [-0.05, 0) is 38.6 Å². The summed E-state index contributed by atoms with van der Waals surface area (Å²) in [7, 11) is 3.66. The van der Waals surface area contributed by atoms with Crippen LogP contribution in [-0.4, -0.2) is 37.7 Å². The number of esters is 1. The average Bonchev–Trinajstić information content (AvgIpc) is 2.39. The van der Waals surface area contributed by atoms with Gasteiger partial charge in [0.2, 0.25) is 0 Å². The van der Waals surface area contributed by atoms with Crippen LogP contribution < -0.4 is 4.74 Å². The van der Waals surface area contributed by atoms with Crippen molar-refractivity contribution in [2.24, 2.45) is 0 Å². The molecule has 0 fully saturated rings. The first-order chi connectivity index (χ1) is 9.06. The molecule has 0 aromatic heterocycles. The van der Waals surface area contributed by atoms with Gasteiger partial charge < -0.3 is 9.47 Å². The first-order valence-electron chi connectivity index (χ1n) is 6.55. The third-order valence-electron chi connectivity index (χ3n) is 3.09. The van der Waals surface area contributed by atoms with E-state index in [9.17, 15) is 4.79 Å². The standard InChI is InChI=1S/C15H23NO3/c1-5-19-15(17)9-12(2)16(3)11-13-7-6-8-14(10-13)18-4/h6-8,10,12H,5,9,11H2,1-4H3. The fraction of sp³-hybridized carbons (Fsp3) is 0.533. The van der Waals surface area contributed by atoms with Crippen LogP contribution in [0.5, 0.6) is 5.75 Å². The summed E-state index contributed by atoms with van der Waals surface area (Å²) in [6.45, 7) is 5.06. The molecule has 0 aliphatic rings. The fourth-order valence-corrected chi connectivity index (χ4v) is 1.83. The number of carbonyl (C=O) groups excluding carboxylic acids is 1. The lowest BCUT2D eigenvalue weighted by Crippen LogP contribution is -2.31. The summed E-state index contributed by atoms with van der Waals surface area (Å²) in [6, 6.07) is 8.10. The number of ether oxygens (including phenoxy) is 2. The van der Waals surface area contributed by atoms with Gasteiger partial charge in [-0.1, -0.05) is 12.1 Å². The smallest absolute Gasteiger partial charge is 0.307 e. The van der Waals surface area contributed by atoms with E-state index in [1.165, 1.54) is 0 Å².